The van der Waals surface area contributed by atoms with Crippen molar-refractivity contribution < 1.29 is 8.42 Å². The summed E-state index contributed by atoms with van der Waals surface area (Å²) in [6, 6.07) is 4.92. The molecule has 0 bridgehead atoms. The van der Waals surface area contributed by atoms with Gasteiger partial charge in [-0.25, -0.2) is 8.42 Å². The average Bonchev–Trinajstić information content (AvgIpc) is 2.68. The van der Waals surface area contributed by atoms with Gasteiger partial charge in [-0.15, -0.1) is 0 Å². The monoisotopic (exact) mass is 327 g/mol. The van der Waals surface area contributed by atoms with Crippen LogP contribution in [0, 0.1) is 6.92 Å². The summed E-state index contributed by atoms with van der Waals surface area (Å²) in [5.74, 6) is 0. The quantitative estimate of drug-likeness (QED) is 0.913. The van der Waals surface area contributed by atoms with Crippen molar-refractivity contribution in [3.05, 3.63) is 46.2 Å². The first-order valence-electron chi connectivity index (χ1n) is 6.46. The predicted molar refractivity (Wildman–Crippen MR) is 83.1 cm³/mol. The molecule has 0 atom stereocenters. The van der Waals surface area contributed by atoms with Gasteiger partial charge in [0.15, 0.2) is 9.84 Å². The van der Waals surface area contributed by atoms with E-state index >= 15 is 0 Å². The zero-order chi connectivity index (χ0) is 15.6. The molecule has 0 amide bonds. The van der Waals surface area contributed by atoms with Gasteiger partial charge in [0, 0.05) is 48.7 Å². The molecule has 1 aromatic carbocycles. The lowest BCUT2D eigenvalue weighted by Gasteiger charge is -2.11. The maximum Gasteiger partial charge on any atom is 0.175 e. The SMILES string of the molecule is Cc1nn(C)cc1CNCc1c(Cl)cccc1S(C)(=O)=O. The van der Waals surface area contributed by atoms with Gasteiger partial charge in [0.05, 0.1) is 10.6 Å². The Morgan fingerprint density at radius 3 is 2.62 bits per heavy atom. The lowest BCUT2D eigenvalue weighted by molar-refractivity contribution is 0.598. The molecule has 114 valence electrons. The minimum absolute atomic E-state index is 0.269. The van der Waals surface area contributed by atoms with Crippen molar-refractivity contribution in [1.29, 1.82) is 0 Å². The van der Waals surface area contributed by atoms with Crippen LogP contribution in [0.15, 0.2) is 29.3 Å². The molecule has 5 nitrogen and oxygen atoms in total. The van der Waals surface area contributed by atoms with Crippen molar-refractivity contribution in [2.75, 3.05) is 6.26 Å². The summed E-state index contributed by atoms with van der Waals surface area (Å²) in [6.45, 7) is 2.93. The summed E-state index contributed by atoms with van der Waals surface area (Å²) < 4.78 is 25.3. The van der Waals surface area contributed by atoms with Crippen LogP contribution < -0.4 is 5.32 Å². The number of hydrogen-bond donors (Lipinski definition) is 1. The van der Waals surface area contributed by atoms with Crippen LogP contribution in [-0.4, -0.2) is 24.5 Å². The van der Waals surface area contributed by atoms with Crippen LogP contribution in [0.25, 0.3) is 0 Å². The number of nitrogens with one attached hydrogen (secondary N) is 1. The zero-order valence-corrected chi connectivity index (χ0v) is 13.8. The number of hydrogen-bond acceptors (Lipinski definition) is 4. The number of aromatic nitrogens is 2. The van der Waals surface area contributed by atoms with E-state index in [0.29, 0.717) is 23.7 Å². The minimum Gasteiger partial charge on any atom is -0.308 e. The third-order valence-corrected chi connectivity index (χ3v) is 4.74. The molecule has 0 aliphatic rings. The Bertz CT molecular complexity index is 754. The first kappa shape index (κ1) is 16.0. The molecule has 0 fully saturated rings. The summed E-state index contributed by atoms with van der Waals surface area (Å²) in [4.78, 5) is 0.269. The summed E-state index contributed by atoms with van der Waals surface area (Å²) in [5, 5.41) is 7.94. The van der Waals surface area contributed by atoms with Gasteiger partial charge in [0.2, 0.25) is 0 Å². The van der Waals surface area contributed by atoms with E-state index in [-0.39, 0.29) is 4.90 Å². The van der Waals surface area contributed by atoms with Gasteiger partial charge >= 0.3 is 0 Å². The Labute approximate surface area is 129 Å². The topological polar surface area (TPSA) is 64.0 Å². The molecule has 2 rings (SSSR count). The van der Waals surface area contributed by atoms with Crippen LogP contribution in [0.1, 0.15) is 16.8 Å². The maximum atomic E-state index is 11.8. The number of nitrogens with zero attached hydrogens (tertiary/aromatic N) is 2. The van der Waals surface area contributed by atoms with E-state index in [0.717, 1.165) is 11.3 Å². The van der Waals surface area contributed by atoms with Gasteiger partial charge in [-0.1, -0.05) is 17.7 Å². The molecule has 0 spiro atoms. The standard InChI is InChI=1S/C14H18ClN3O2S/c1-10-11(9-18(2)17-10)7-16-8-12-13(15)5-4-6-14(12)21(3,19)20/h4-6,9,16H,7-8H2,1-3H3. The van der Waals surface area contributed by atoms with Gasteiger partial charge in [-0.3, -0.25) is 4.68 Å². The summed E-state index contributed by atoms with van der Waals surface area (Å²) >= 11 is 6.13. The number of rotatable bonds is 5. The lowest BCUT2D eigenvalue weighted by Crippen LogP contribution is -2.16. The molecule has 1 N–H and O–H groups in total. The molecule has 0 saturated carbocycles. The number of sulfone groups is 1. The van der Waals surface area contributed by atoms with E-state index in [1.54, 1.807) is 22.9 Å². The van der Waals surface area contributed by atoms with Gasteiger partial charge in [-0.05, 0) is 19.1 Å². The third-order valence-electron chi connectivity index (χ3n) is 3.21. The first-order chi connectivity index (χ1) is 9.79. The first-order valence-corrected chi connectivity index (χ1v) is 8.73. The fraction of sp³-hybridized carbons (Fsp3) is 0.357. The highest BCUT2D eigenvalue weighted by Crippen LogP contribution is 2.24. The molecule has 7 heteroatoms. The molecule has 21 heavy (non-hydrogen) atoms. The number of halogens is 1. The van der Waals surface area contributed by atoms with Crippen molar-refractivity contribution in [2.24, 2.45) is 7.05 Å². The Balaban J connectivity index is 2.15. The zero-order valence-electron chi connectivity index (χ0n) is 12.2. The van der Waals surface area contributed by atoms with E-state index in [2.05, 4.69) is 10.4 Å². The lowest BCUT2D eigenvalue weighted by atomic mass is 10.2. The van der Waals surface area contributed by atoms with Crippen LogP contribution in [0.2, 0.25) is 5.02 Å². The van der Waals surface area contributed by atoms with Crippen molar-refractivity contribution in [3.63, 3.8) is 0 Å². The van der Waals surface area contributed by atoms with Crippen molar-refractivity contribution in [2.45, 2.75) is 24.9 Å². The van der Waals surface area contributed by atoms with Crippen molar-refractivity contribution in [3.8, 4) is 0 Å². The average molecular weight is 328 g/mol. The molecule has 0 aliphatic heterocycles. The van der Waals surface area contributed by atoms with E-state index in [1.807, 2.05) is 20.2 Å². The molecule has 0 radical (unpaired) electrons. The second-order valence-corrected chi connectivity index (χ2v) is 7.40. The highest BCUT2D eigenvalue weighted by molar-refractivity contribution is 7.90. The summed E-state index contributed by atoms with van der Waals surface area (Å²) in [7, 11) is -1.43. The van der Waals surface area contributed by atoms with Gasteiger partial charge < -0.3 is 5.32 Å². The Hall–Kier alpha value is -1.37. The third kappa shape index (κ3) is 3.84. The molecule has 0 saturated heterocycles. The van der Waals surface area contributed by atoms with Crippen LogP contribution >= 0.6 is 11.6 Å². The molecule has 1 aromatic heterocycles. The van der Waals surface area contributed by atoms with Crippen molar-refractivity contribution in [1.82, 2.24) is 15.1 Å². The van der Waals surface area contributed by atoms with Gasteiger partial charge in [0.1, 0.15) is 0 Å². The second kappa shape index (κ2) is 6.17. The highest BCUT2D eigenvalue weighted by Gasteiger charge is 2.15. The molecule has 0 unspecified atom stereocenters. The number of aryl methyl sites for hydroxylation is 2. The van der Waals surface area contributed by atoms with Crippen LogP contribution in [0.5, 0.6) is 0 Å². The minimum atomic E-state index is -3.30. The molecule has 0 aliphatic carbocycles. The van der Waals surface area contributed by atoms with E-state index in [4.69, 9.17) is 11.6 Å². The largest absolute Gasteiger partial charge is 0.308 e. The molecular weight excluding hydrogens is 310 g/mol. The number of benzene rings is 1. The molecule has 2 aromatic rings. The fourth-order valence-electron chi connectivity index (χ4n) is 2.20. The fourth-order valence-corrected chi connectivity index (χ4v) is 3.46. The highest BCUT2D eigenvalue weighted by atomic mass is 35.5. The van der Waals surface area contributed by atoms with E-state index in [1.165, 1.54) is 6.26 Å². The van der Waals surface area contributed by atoms with Crippen LogP contribution in [0.3, 0.4) is 0 Å². The van der Waals surface area contributed by atoms with Gasteiger partial charge in [0.25, 0.3) is 0 Å². The van der Waals surface area contributed by atoms with Crippen LogP contribution in [0.4, 0.5) is 0 Å². The Kier molecular flexibility index (Phi) is 4.70. The predicted octanol–water partition coefficient (Wildman–Crippen LogP) is 2.08. The maximum absolute atomic E-state index is 11.8. The second-order valence-electron chi connectivity index (χ2n) is 5.01. The van der Waals surface area contributed by atoms with E-state index < -0.39 is 9.84 Å². The normalized spacial score (nSPS) is 11.8. The van der Waals surface area contributed by atoms with Crippen LogP contribution in [-0.2, 0) is 30.0 Å². The summed E-state index contributed by atoms with van der Waals surface area (Å²) in [5.41, 5.74) is 2.63. The smallest absolute Gasteiger partial charge is 0.175 e. The molecular formula is C14H18ClN3O2S. The van der Waals surface area contributed by atoms with Gasteiger partial charge in [-0.2, -0.15) is 5.10 Å². The van der Waals surface area contributed by atoms with Crippen molar-refractivity contribution >= 4 is 21.4 Å². The van der Waals surface area contributed by atoms with E-state index in [9.17, 15) is 8.42 Å². The Morgan fingerprint density at radius 1 is 1.33 bits per heavy atom. The summed E-state index contributed by atoms with van der Waals surface area (Å²) in [6.07, 6.45) is 3.12. The molecule has 1 heterocycles. The Morgan fingerprint density at radius 2 is 2.05 bits per heavy atom.